The Morgan fingerprint density at radius 1 is 1.60 bits per heavy atom. The topological polar surface area (TPSA) is 55.0 Å². The second-order valence-electron chi connectivity index (χ2n) is 2.49. The smallest absolute Gasteiger partial charge is 0.289 e. The van der Waals surface area contributed by atoms with Crippen molar-refractivity contribution in [2.75, 3.05) is 26.2 Å². The van der Waals surface area contributed by atoms with Crippen LogP contribution in [-0.4, -0.2) is 37.9 Å². The maximum Gasteiger partial charge on any atom is 0.351 e. The van der Waals surface area contributed by atoms with Gasteiger partial charge in [-0.2, -0.15) is 0 Å². The molecule has 0 bridgehead atoms. The van der Waals surface area contributed by atoms with Crippen molar-refractivity contribution >= 4 is 11.7 Å². The van der Waals surface area contributed by atoms with Gasteiger partial charge in [-0.15, -0.1) is 0 Å². The van der Waals surface area contributed by atoms with Crippen LogP contribution in [0.25, 0.3) is 0 Å². The van der Waals surface area contributed by atoms with E-state index in [0.717, 1.165) is 37.9 Å². The van der Waals surface area contributed by atoms with Crippen LogP contribution in [0, 0.1) is 0 Å². The molecule has 10 heavy (non-hydrogen) atoms. The zero-order chi connectivity index (χ0) is 6.81. The zero-order valence-electron chi connectivity index (χ0n) is 5.85. The van der Waals surface area contributed by atoms with E-state index >= 15 is 0 Å². The van der Waals surface area contributed by atoms with Crippen LogP contribution in [-0.2, 0) is 0 Å². The van der Waals surface area contributed by atoms with Gasteiger partial charge in [-0.25, -0.2) is 4.99 Å². The Labute approximate surface area is 59.4 Å². The third-order valence-corrected chi connectivity index (χ3v) is 1.73. The number of amidine groups is 2. The molecule has 2 aliphatic rings. The van der Waals surface area contributed by atoms with Gasteiger partial charge in [0.25, 0.3) is 0 Å². The Morgan fingerprint density at radius 3 is 3.20 bits per heavy atom. The lowest BCUT2D eigenvalue weighted by Crippen LogP contribution is -2.92. The van der Waals surface area contributed by atoms with Crippen molar-refractivity contribution in [3.8, 4) is 0 Å². The van der Waals surface area contributed by atoms with Crippen molar-refractivity contribution in [3.05, 3.63) is 0 Å². The highest BCUT2D eigenvalue weighted by molar-refractivity contribution is 6.34. The third-order valence-electron chi connectivity index (χ3n) is 1.73. The highest BCUT2D eigenvalue weighted by Crippen LogP contribution is 1.75. The van der Waals surface area contributed by atoms with Crippen molar-refractivity contribution < 1.29 is 10.3 Å². The van der Waals surface area contributed by atoms with Gasteiger partial charge in [0.1, 0.15) is 19.6 Å². The molecule has 2 rings (SSSR count). The van der Waals surface area contributed by atoms with E-state index in [2.05, 4.69) is 20.6 Å². The van der Waals surface area contributed by atoms with Gasteiger partial charge in [-0.1, -0.05) is 0 Å². The Morgan fingerprint density at radius 2 is 2.60 bits per heavy atom. The van der Waals surface area contributed by atoms with Crippen LogP contribution >= 0.6 is 0 Å². The monoisotopic (exact) mass is 140 g/mol. The molecule has 0 spiro atoms. The van der Waals surface area contributed by atoms with Crippen molar-refractivity contribution in [3.63, 3.8) is 0 Å². The van der Waals surface area contributed by atoms with E-state index in [-0.39, 0.29) is 0 Å². The lowest BCUT2D eigenvalue weighted by molar-refractivity contribution is -0.529. The first kappa shape index (κ1) is 5.85. The predicted octanol–water partition coefficient (Wildman–Crippen LogP) is -3.96. The fourth-order valence-electron chi connectivity index (χ4n) is 1.25. The van der Waals surface area contributed by atoms with E-state index in [1.165, 1.54) is 0 Å². The van der Waals surface area contributed by atoms with E-state index in [1.807, 2.05) is 0 Å². The van der Waals surface area contributed by atoms with Gasteiger partial charge in [-0.05, 0) is 0 Å². The standard InChI is InChI=1S/C6H10N4/c1-2-8-5(7-1)6-9-3-4-10-6/h1-4H2,(H,7,8)(H,9,10)/p+2. The van der Waals surface area contributed by atoms with Crippen molar-refractivity contribution in [1.82, 2.24) is 5.32 Å². The molecule has 2 aliphatic heterocycles. The van der Waals surface area contributed by atoms with Crippen LogP contribution < -0.4 is 15.6 Å². The predicted molar refractivity (Wildman–Crippen MR) is 37.9 cm³/mol. The lowest BCUT2D eigenvalue weighted by atomic mass is 10.5. The molecule has 0 aromatic heterocycles. The van der Waals surface area contributed by atoms with Crippen LogP contribution in [0.4, 0.5) is 0 Å². The molecule has 54 valence electrons. The summed E-state index contributed by atoms with van der Waals surface area (Å²) in [5, 5.41) is 5.41. The van der Waals surface area contributed by atoms with Gasteiger partial charge in [0, 0.05) is 0 Å². The summed E-state index contributed by atoms with van der Waals surface area (Å²) in [6.07, 6.45) is 0. The zero-order valence-corrected chi connectivity index (χ0v) is 5.85. The van der Waals surface area contributed by atoms with Crippen molar-refractivity contribution in [2.45, 2.75) is 0 Å². The van der Waals surface area contributed by atoms with Crippen LogP contribution in [0.3, 0.4) is 0 Å². The van der Waals surface area contributed by atoms with E-state index in [9.17, 15) is 0 Å². The number of quaternary nitrogens is 1. The maximum atomic E-state index is 4.32. The largest absolute Gasteiger partial charge is 0.351 e. The van der Waals surface area contributed by atoms with Crippen LogP contribution in [0.2, 0.25) is 0 Å². The number of nitrogens with two attached hydrogens (primary N) is 1. The summed E-state index contributed by atoms with van der Waals surface area (Å²) in [5.41, 5.74) is 0. The molecule has 0 radical (unpaired) electrons. The van der Waals surface area contributed by atoms with Crippen LogP contribution in [0.1, 0.15) is 0 Å². The van der Waals surface area contributed by atoms with Crippen LogP contribution in [0.15, 0.2) is 4.99 Å². The highest BCUT2D eigenvalue weighted by Gasteiger charge is 2.25. The third kappa shape index (κ3) is 0.903. The molecule has 0 saturated carbocycles. The molecular weight excluding hydrogens is 128 g/mol. The second kappa shape index (κ2) is 2.38. The number of hydrogen-bond acceptors (Lipinski definition) is 2. The number of nitrogens with zero attached hydrogens (tertiary/aromatic N) is 1. The molecule has 0 fully saturated rings. The molecular formula is C6H12N4+2. The Balaban J connectivity index is 2.10. The summed E-state index contributed by atoms with van der Waals surface area (Å²) in [4.78, 5) is 7.56. The van der Waals surface area contributed by atoms with Crippen LogP contribution in [0.5, 0.6) is 0 Å². The van der Waals surface area contributed by atoms with E-state index in [4.69, 9.17) is 0 Å². The quantitative estimate of drug-likeness (QED) is 0.342. The molecule has 4 heteroatoms. The normalized spacial score (nSPS) is 24.0. The summed E-state index contributed by atoms with van der Waals surface area (Å²) in [6, 6.07) is 0. The molecule has 0 aromatic rings. The molecule has 0 saturated heterocycles. The molecule has 0 amide bonds. The maximum absolute atomic E-state index is 4.32. The number of nitrogens with one attached hydrogen (secondary N) is 2. The molecule has 2 heterocycles. The minimum atomic E-state index is 0.961. The number of rotatable bonds is 1. The van der Waals surface area contributed by atoms with Gasteiger partial charge in [0.05, 0.1) is 6.54 Å². The first-order valence-electron chi connectivity index (χ1n) is 3.69. The fraction of sp³-hybridized carbons (Fsp3) is 0.667. The van der Waals surface area contributed by atoms with E-state index in [1.54, 1.807) is 0 Å². The van der Waals surface area contributed by atoms with Gasteiger partial charge >= 0.3 is 11.7 Å². The average molecular weight is 140 g/mol. The molecule has 0 unspecified atom stereocenters. The van der Waals surface area contributed by atoms with E-state index in [0.29, 0.717) is 0 Å². The first-order valence-corrected chi connectivity index (χ1v) is 3.69. The summed E-state index contributed by atoms with van der Waals surface area (Å²) >= 11 is 0. The lowest BCUT2D eigenvalue weighted by Gasteiger charge is -1.88. The Bertz CT molecular complexity index is 172. The minimum absolute atomic E-state index is 0.961. The van der Waals surface area contributed by atoms with Gasteiger partial charge < -0.3 is 0 Å². The molecule has 4 N–H and O–H groups in total. The molecule has 0 atom stereocenters. The molecule has 0 aliphatic carbocycles. The second-order valence-corrected chi connectivity index (χ2v) is 2.49. The summed E-state index contributed by atoms with van der Waals surface area (Å²) < 4.78 is 0. The van der Waals surface area contributed by atoms with Gasteiger partial charge in [0.2, 0.25) is 0 Å². The Hall–Kier alpha value is -0.900. The highest BCUT2D eigenvalue weighted by atomic mass is 15.2. The Kier molecular flexibility index (Phi) is 1.39. The van der Waals surface area contributed by atoms with Crippen molar-refractivity contribution in [2.24, 2.45) is 4.99 Å². The number of hydrogen-bond donors (Lipinski definition) is 3. The molecule has 0 aromatic carbocycles. The summed E-state index contributed by atoms with van der Waals surface area (Å²) in [6.45, 7) is 4.12. The van der Waals surface area contributed by atoms with Crippen molar-refractivity contribution in [1.29, 1.82) is 0 Å². The fourth-order valence-corrected chi connectivity index (χ4v) is 1.25. The number of aliphatic imine (C=N–C) groups is 1. The first-order chi connectivity index (χ1) is 4.97. The minimum Gasteiger partial charge on any atom is -0.289 e. The van der Waals surface area contributed by atoms with Gasteiger partial charge in [0.15, 0.2) is 0 Å². The SMILES string of the molecule is C1C[NH2+]C(C2=[NH+]CCN2)=N1. The van der Waals surface area contributed by atoms with Gasteiger partial charge in [-0.3, -0.25) is 15.6 Å². The summed E-state index contributed by atoms with van der Waals surface area (Å²) in [7, 11) is 0. The summed E-state index contributed by atoms with van der Waals surface area (Å²) in [5.74, 6) is 2.25. The van der Waals surface area contributed by atoms with E-state index < -0.39 is 0 Å². The molecule has 4 nitrogen and oxygen atoms in total. The average Bonchev–Trinajstić information content (AvgIpc) is 2.59.